The number of rotatable bonds is 4. The van der Waals surface area contributed by atoms with Gasteiger partial charge in [0.1, 0.15) is 5.82 Å². The third kappa shape index (κ3) is 7.09. The van der Waals surface area contributed by atoms with E-state index in [2.05, 4.69) is 5.32 Å². The molecule has 0 bridgehead atoms. The van der Waals surface area contributed by atoms with Crippen molar-refractivity contribution in [3.05, 3.63) is 35.1 Å². The molecule has 1 aromatic rings. The van der Waals surface area contributed by atoms with E-state index < -0.39 is 36.2 Å². The van der Waals surface area contributed by atoms with E-state index in [1.807, 2.05) is 0 Å². The van der Waals surface area contributed by atoms with E-state index in [-0.39, 0.29) is 36.8 Å². The fourth-order valence-corrected chi connectivity index (χ4v) is 2.82. The molecule has 1 aliphatic rings. The van der Waals surface area contributed by atoms with Gasteiger partial charge in [0.05, 0.1) is 5.56 Å². The van der Waals surface area contributed by atoms with Crippen molar-refractivity contribution in [3.8, 4) is 0 Å². The van der Waals surface area contributed by atoms with Crippen LogP contribution in [0.15, 0.2) is 18.2 Å². The molecule has 0 aromatic heterocycles. The molecule has 0 saturated carbocycles. The molecule has 26 heavy (non-hydrogen) atoms. The Morgan fingerprint density at radius 2 is 1.58 bits per heavy atom. The molecule has 1 aromatic carbocycles. The van der Waals surface area contributed by atoms with Gasteiger partial charge in [-0.3, -0.25) is 4.90 Å². The van der Waals surface area contributed by atoms with E-state index in [4.69, 9.17) is 0 Å². The van der Waals surface area contributed by atoms with Crippen LogP contribution in [0.3, 0.4) is 0 Å². The first-order valence-corrected chi connectivity index (χ1v) is 7.46. The summed E-state index contributed by atoms with van der Waals surface area (Å²) in [6, 6.07) is 1.59. The second-order valence-corrected chi connectivity index (χ2v) is 5.69. The van der Waals surface area contributed by atoms with Crippen LogP contribution in [-0.2, 0) is 6.18 Å². The SMILES string of the molecule is Cl.Cl.Fc1ccc([C@@H](CCC(F)(F)F)N2CCNCC2)cc1C(F)(F)F. The lowest BCUT2D eigenvalue weighted by molar-refractivity contribution is -0.141. The fourth-order valence-electron chi connectivity index (χ4n) is 2.82. The maximum atomic E-state index is 13.4. The van der Waals surface area contributed by atoms with Crippen molar-refractivity contribution in [2.75, 3.05) is 26.2 Å². The van der Waals surface area contributed by atoms with Gasteiger partial charge < -0.3 is 5.32 Å². The Morgan fingerprint density at radius 3 is 2.08 bits per heavy atom. The topological polar surface area (TPSA) is 15.3 Å². The number of halogens is 9. The lowest BCUT2D eigenvalue weighted by atomic mass is 9.97. The summed E-state index contributed by atoms with van der Waals surface area (Å²) in [5.41, 5.74) is -1.40. The number of hydrogen-bond donors (Lipinski definition) is 1. The third-order valence-electron chi connectivity index (χ3n) is 3.97. The van der Waals surface area contributed by atoms with Crippen molar-refractivity contribution in [1.82, 2.24) is 10.2 Å². The molecule has 1 aliphatic heterocycles. The second-order valence-electron chi connectivity index (χ2n) is 5.69. The maximum Gasteiger partial charge on any atom is 0.419 e. The van der Waals surface area contributed by atoms with Gasteiger partial charge in [0.25, 0.3) is 0 Å². The molecule has 152 valence electrons. The van der Waals surface area contributed by atoms with E-state index >= 15 is 0 Å². The summed E-state index contributed by atoms with van der Waals surface area (Å²) < 4.78 is 89.7. The molecule has 0 spiro atoms. The molecule has 0 unspecified atom stereocenters. The number of benzene rings is 1. The zero-order valence-electron chi connectivity index (χ0n) is 13.5. The Labute approximate surface area is 158 Å². The molecule has 1 N–H and O–H groups in total. The van der Waals surface area contributed by atoms with Crippen LogP contribution in [0.2, 0.25) is 0 Å². The van der Waals surface area contributed by atoms with Crippen molar-refractivity contribution >= 4 is 24.8 Å². The van der Waals surface area contributed by atoms with Gasteiger partial charge in [-0.15, -0.1) is 24.8 Å². The highest BCUT2D eigenvalue weighted by molar-refractivity contribution is 5.85. The minimum absolute atomic E-state index is 0. The van der Waals surface area contributed by atoms with Gasteiger partial charge in [-0.05, 0) is 24.1 Å². The van der Waals surface area contributed by atoms with Crippen LogP contribution in [-0.4, -0.2) is 37.3 Å². The van der Waals surface area contributed by atoms with Crippen molar-refractivity contribution in [2.45, 2.75) is 31.2 Å². The minimum Gasteiger partial charge on any atom is -0.314 e. The molecule has 0 amide bonds. The quantitative estimate of drug-likeness (QED) is 0.677. The normalized spacial score (nSPS) is 17.2. The standard InChI is InChI=1S/C15H17F7N2.2ClH/c16-12-2-1-10(9-11(12)15(20,21)22)13(3-4-14(17,18)19)24-7-5-23-6-8-24;;/h1-2,9,13,23H,3-8H2;2*1H/t13-;;/m1../s1. The number of piperazine rings is 1. The Morgan fingerprint density at radius 1 is 1.00 bits per heavy atom. The van der Waals surface area contributed by atoms with Gasteiger partial charge in [0.2, 0.25) is 0 Å². The summed E-state index contributed by atoms with van der Waals surface area (Å²) in [6.07, 6.45) is -10.8. The summed E-state index contributed by atoms with van der Waals surface area (Å²) in [6.45, 7) is 1.91. The lowest BCUT2D eigenvalue weighted by Crippen LogP contribution is -2.45. The Kier molecular flexibility index (Phi) is 9.67. The van der Waals surface area contributed by atoms with Gasteiger partial charge in [-0.2, -0.15) is 26.3 Å². The van der Waals surface area contributed by atoms with Crippen LogP contribution in [0.25, 0.3) is 0 Å². The van der Waals surface area contributed by atoms with Crippen LogP contribution < -0.4 is 5.32 Å². The van der Waals surface area contributed by atoms with Crippen molar-refractivity contribution < 1.29 is 30.7 Å². The molecule has 1 saturated heterocycles. The summed E-state index contributed by atoms with van der Waals surface area (Å²) >= 11 is 0. The summed E-state index contributed by atoms with van der Waals surface area (Å²) in [5, 5.41) is 3.03. The first kappa shape index (κ1) is 25.2. The zero-order valence-corrected chi connectivity index (χ0v) is 15.1. The highest BCUT2D eigenvalue weighted by Gasteiger charge is 2.36. The van der Waals surface area contributed by atoms with Gasteiger partial charge in [0.15, 0.2) is 0 Å². The monoisotopic (exact) mass is 430 g/mol. The van der Waals surface area contributed by atoms with Crippen molar-refractivity contribution in [1.29, 1.82) is 0 Å². The molecule has 2 nitrogen and oxygen atoms in total. The molecular weight excluding hydrogens is 412 g/mol. The average molecular weight is 431 g/mol. The number of nitrogens with one attached hydrogen (secondary N) is 1. The van der Waals surface area contributed by atoms with E-state index in [0.717, 1.165) is 6.07 Å². The van der Waals surface area contributed by atoms with E-state index in [1.54, 1.807) is 4.90 Å². The van der Waals surface area contributed by atoms with Gasteiger partial charge >= 0.3 is 12.4 Å². The number of nitrogens with zero attached hydrogens (tertiary/aromatic N) is 1. The average Bonchev–Trinajstić information content (AvgIpc) is 2.47. The van der Waals surface area contributed by atoms with Gasteiger partial charge in [-0.25, -0.2) is 4.39 Å². The number of alkyl halides is 6. The Hall–Kier alpha value is -0.770. The van der Waals surface area contributed by atoms with Crippen LogP contribution in [0.5, 0.6) is 0 Å². The molecule has 0 aliphatic carbocycles. The molecule has 1 fully saturated rings. The molecule has 0 radical (unpaired) electrons. The highest BCUT2D eigenvalue weighted by Crippen LogP contribution is 2.36. The molecular formula is C15H19Cl2F7N2. The second kappa shape index (κ2) is 9.96. The molecule has 1 atom stereocenters. The molecule has 11 heteroatoms. The van der Waals surface area contributed by atoms with Crippen LogP contribution >= 0.6 is 24.8 Å². The fraction of sp³-hybridized carbons (Fsp3) is 0.600. The van der Waals surface area contributed by atoms with Gasteiger partial charge in [-0.1, -0.05) is 6.07 Å². The molecule has 1 heterocycles. The van der Waals surface area contributed by atoms with Crippen LogP contribution in [0, 0.1) is 5.82 Å². The van der Waals surface area contributed by atoms with Crippen LogP contribution in [0.1, 0.15) is 30.0 Å². The first-order chi connectivity index (χ1) is 11.1. The Balaban J connectivity index is 0.00000312. The first-order valence-electron chi connectivity index (χ1n) is 7.46. The Bertz CT molecular complexity index is 558. The predicted molar refractivity (Wildman–Crippen MR) is 88.4 cm³/mol. The van der Waals surface area contributed by atoms with E-state index in [0.29, 0.717) is 38.3 Å². The summed E-state index contributed by atoms with van der Waals surface area (Å²) in [4.78, 5) is 1.70. The number of hydrogen-bond acceptors (Lipinski definition) is 2. The summed E-state index contributed by atoms with van der Waals surface area (Å²) in [5.74, 6) is -1.43. The lowest BCUT2D eigenvalue weighted by Gasteiger charge is -2.35. The predicted octanol–water partition coefficient (Wildman–Crippen LogP) is 4.98. The van der Waals surface area contributed by atoms with Crippen molar-refractivity contribution in [2.24, 2.45) is 0 Å². The van der Waals surface area contributed by atoms with Gasteiger partial charge in [0, 0.05) is 38.6 Å². The highest BCUT2D eigenvalue weighted by atomic mass is 35.5. The smallest absolute Gasteiger partial charge is 0.314 e. The van der Waals surface area contributed by atoms with E-state index in [1.165, 1.54) is 0 Å². The zero-order chi connectivity index (χ0) is 18.0. The summed E-state index contributed by atoms with van der Waals surface area (Å²) in [7, 11) is 0. The molecule has 2 rings (SSSR count). The van der Waals surface area contributed by atoms with Crippen LogP contribution in [0.4, 0.5) is 30.7 Å². The maximum absolute atomic E-state index is 13.4. The van der Waals surface area contributed by atoms with Crippen molar-refractivity contribution in [3.63, 3.8) is 0 Å². The largest absolute Gasteiger partial charge is 0.419 e. The third-order valence-corrected chi connectivity index (χ3v) is 3.97. The van der Waals surface area contributed by atoms with E-state index in [9.17, 15) is 30.7 Å². The minimum atomic E-state index is -4.89.